The number of aliphatic hydroxyl groups is 1. The maximum Gasteiger partial charge on any atom is 0.0720 e. The van der Waals surface area contributed by atoms with Gasteiger partial charge in [-0.2, -0.15) is 0 Å². The summed E-state index contributed by atoms with van der Waals surface area (Å²) in [5.41, 5.74) is 1.46. The molecule has 2 aliphatic rings. The van der Waals surface area contributed by atoms with Gasteiger partial charge in [-0.3, -0.25) is 0 Å². The van der Waals surface area contributed by atoms with Crippen molar-refractivity contribution >= 4 is 0 Å². The van der Waals surface area contributed by atoms with Gasteiger partial charge in [0.25, 0.3) is 0 Å². The fourth-order valence-corrected chi connectivity index (χ4v) is 6.15. The molecule has 0 aromatic heterocycles. The van der Waals surface area contributed by atoms with Crippen molar-refractivity contribution in [3.05, 3.63) is 35.9 Å². The Hall–Kier alpha value is -0.860. The van der Waals surface area contributed by atoms with Crippen LogP contribution in [0.5, 0.6) is 0 Å². The maximum atomic E-state index is 11.0. The van der Waals surface area contributed by atoms with Crippen LogP contribution in [-0.4, -0.2) is 17.3 Å². The van der Waals surface area contributed by atoms with Crippen LogP contribution in [0.15, 0.2) is 30.3 Å². The van der Waals surface area contributed by atoms with Crippen LogP contribution in [0.1, 0.15) is 78.2 Å². The predicted octanol–water partition coefficient (Wildman–Crippen LogP) is 6.22. The largest absolute Gasteiger partial charge is 0.393 e. The van der Waals surface area contributed by atoms with E-state index in [1.165, 1.54) is 37.7 Å². The third-order valence-electron chi connectivity index (χ3n) is 7.56. The zero-order valence-corrected chi connectivity index (χ0v) is 17.9. The second kappa shape index (κ2) is 9.09. The topological polar surface area (TPSA) is 29.5 Å². The normalized spacial score (nSPS) is 34.6. The molecule has 1 unspecified atom stereocenters. The second-order valence-corrected chi connectivity index (χ2v) is 9.97. The lowest BCUT2D eigenvalue weighted by Gasteiger charge is -2.46. The lowest BCUT2D eigenvalue weighted by Crippen LogP contribution is -2.45. The molecule has 2 fully saturated rings. The van der Waals surface area contributed by atoms with E-state index in [1.807, 2.05) is 6.07 Å². The van der Waals surface area contributed by atoms with E-state index in [0.717, 1.165) is 18.8 Å². The van der Waals surface area contributed by atoms with Crippen molar-refractivity contribution in [2.24, 2.45) is 29.1 Å². The molecule has 0 spiro atoms. The summed E-state index contributed by atoms with van der Waals surface area (Å²) >= 11 is 0. The molecule has 0 heterocycles. The van der Waals surface area contributed by atoms with Crippen LogP contribution in [0.25, 0.3) is 0 Å². The Balaban J connectivity index is 1.64. The molecule has 0 aliphatic heterocycles. The van der Waals surface area contributed by atoms with E-state index in [9.17, 15) is 5.11 Å². The van der Waals surface area contributed by atoms with Gasteiger partial charge in [-0.05, 0) is 48.0 Å². The molecule has 152 valence electrons. The number of benzene rings is 1. The molecule has 27 heavy (non-hydrogen) atoms. The second-order valence-electron chi connectivity index (χ2n) is 9.97. The molecule has 0 radical (unpaired) electrons. The van der Waals surface area contributed by atoms with Crippen molar-refractivity contribution in [3.63, 3.8) is 0 Å². The molecule has 0 amide bonds. The van der Waals surface area contributed by atoms with Crippen molar-refractivity contribution < 1.29 is 9.84 Å². The number of hydrogen-bond acceptors (Lipinski definition) is 2. The third kappa shape index (κ3) is 4.77. The van der Waals surface area contributed by atoms with E-state index in [1.54, 1.807) is 0 Å². The van der Waals surface area contributed by atoms with Gasteiger partial charge in [0, 0.05) is 5.92 Å². The van der Waals surface area contributed by atoms with Crippen LogP contribution in [-0.2, 0) is 11.3 Å². The summed E-state index contributed by atoms with van der Waals surface area (Å²) in [4.78, 5) is 0. The van der Waals surface area contributed by atoms with Crippen LogP contribution in [0.4, 0.5) is 0 Å². The molecule has 1 aromatic rings. The van der Waals surface area contributed by atoms with Gasteiger partial charge >= 0.3 is 0 Å². The highest BCUT2D eigenvalue weighted by atomic mass is 16.5. The molecule has 6 atom stereocenters. The Morgan fingerprint density at radius 1 is 1.15 bits per heavy atom. The molecule has 2 nitrogen and oxygen atoms in total. The predicted molar refractivity (Wildman–Crippen MR) is 112 cm³/mol. The minimum atomic E-state index is -0.200. The number of aliphatic hydroxyl groups excluding tert-OH is 1. The minimum Gasteiger partial charge on any atom is -0.393 e. The number of fused-ring (bicyclic) bond motifs is 1. The Labute approximate surface area is 166 Å². The first-order valence-corrected chi connectivity index (χ1v) is 11.3. The molecule has 0 bridgehead atoms. The summed E-state index contributed by atoms with van der Waals surface area (Å²) in [5, 5.41) is 11.0. The van der Waals surface area contributed by atoms with Gasteiger partial charge < -0.3 is 9.84 Å². The zero-order valence-electron chi connectivity index (χ0n) is 17.9. The highest BCUT2D eigenvalue weighted by Crippen LogP contribution is 2.59. The number of hydrogen-bond donors (Lipinski definition) is 1. The average molecular weight is 373 g/mol. The zero-order chi connectivity index (χ0) is 19.4. The summed E-state index contributed by atoms with van der Waals surface area (Å²) in [6.07, 6.45) is 8.48. The average Bonchev–Trinajstić information content (AvgIpc) is 2.92. The highest BCUT2D eigenvalue weighted by molar-refractivity contribution is 5.14. The van der Waals surface area contributed by atoms with Gasteiger partial charge in [0.05, 0.1) is 18.8 Å². The Bertz CT molecular complexity index is 569. The summed E-state index contributed by atoms with van der Waals surface area (Å²) < 4.78 is 6.40. The molecular weight excluding hydrogens is 332 g/mol. The smallest absolute Gasteiger partial charge is 0.0720 e. The van der Waals surface area contributed by atoms with E-state index >= 15 is 0 Å². The fourth-order valence-electron chi connectivity index (χ4n) is 6.15. The molecular formula is C25H40O2. The van der Waals surface area contributed by atoms with Gasteiger partial charge in [-0.25, -0.2) is 0 Å². The van der Waals surface area contributed by atoms with Gasteiger partial charge in [0.1, 0.15) is 0 Å². The molecule has 2 saturated carbocycles. The monoisotopic (exact) mass is 372 g/mol. The van der Waals surface area contributed by atoms with Crippen molar-refractivity contribution in [2.75, 3.05) is 0 Å². The Morgan fingerprint density at radius 2 is 1.89 bits per heavy atom. The van der Waals surface area contributed by atoms with Crippen LogP contribution in [0.3, 0.4) is 0 Å². The SMILES string of the molecule is CC(C)CCC[C@@H](C)[C@H]1CC(O)[C@H]2[C@H](OCc3ccccc3)CCC[C@]12C. The number of rotatable bonds is 8. The van der Waals surface area contributed by atoms with Gasteiger partial charge in [-0.15, -0.1) is 0 Å². The van der Waals surface area contributed by atoms with Crippen molar-refractivity contribution in [3.8, 4) is 0 Å². The lowest BCUT2D eigenvalue weighted by molar-refractivity contribution is -0.102. The number of ether oxygens (including phenoxy) is 1. The first kappa shape index (κ1) is 20.9. The van der Waals surface area contributed by atoms with Crippen LogP contribution < -0.4 is 0 Å². The summed E-state index contributed by atoms with van der Waals surface area (Å²) in [6, 6.07) is 10.5. The Morgan fingerprint density at radius 3 is 2.59 bits per heavy atom. The highest BCUT2D eigenvalue weighted by Gasteiger charge is 2.57. The van der Waals surface area contributed by atoms with Crippen molar-refractivity contribution in [2.45, 2.75) is 91.5 Å². The van der Waals surface area contributed by atoms with Gasteiger partial charge in [0.2, 0.25) is 0 Å². The van der Waals surface area contributed by atoms with Gasteiger partial charge in [0.15, 0.2) is 0 Å². The van der Waals surface area contributed by atoms with Crippen LogP contribution in [0, 0.1) is 29.1 Å². The molecule has 1 N–H and O–H groups in total. The van der Waals surface area contributed by atoms with Crippen molar-refractivity contribution in [1.82, 2.24) is 0 Å². The molecule has 2 aliphatic carbocycles. The summed E-state index contributed by atoms with van der Waals surface area (Å²) in [6.45, 7) is 10.2. The standard InChI is InChI=1S/C25H40O2/c1-18(2)10-8-11-19(3)21-16-22(26)24-23(14-9-15-25(21,24)4)27-17-20-12-6-5-7-13-20/h5-7,12-13,18-19,21-24,26H,8-11,14-17H2,1-4H3/t19-,21-,22?,23-,24+,25-/m1/s1. The van der Waals surface area contributed by atoms with E-state index in [4.69, 9.17) is 4.74 Å². The quantitative estimate of drug-likeness (QED) is 0.587. The van der Waals surface area contributed by atoms with Crippen LogP contribution in [0.2, 0.25) is 0 Å². The fraction of sp³-hybridized carbons (Fsp3) is 0.760. The van der Waals surface area contributed by atoms with E-state index in [2.05, 4.69) is 52.0 Å². The minimum absolute atomic E-state index is 0.200. The first-order valence-electron chi connectivity index (χ1n) is 11.3. The molecule has 0 saturated heterocycles. The molecule has 3 rings (SSSR count). The molecule has 1 aromatic carbocycles. The molecule has 2 heteroatoms. The lowest BCUT2D eigenvalue weighted by atomic mass is 9.61. The summed E-state index contributed by atoms with van der Waals surface area (Å²) in [5.74, 6) is 2.42. The van der Waals surface area contributed by atoms with E-state index < -0.39 is 0 Å². The maximum absolute atomic E-state index is 11.0. The summed E-state index contributed by atoms with van der Waals surface area (Å²) in [7, 11) is 0. The van der Waals surface area contributed by atoms with E-state index in [0.29, 0.717) is 24.4 Å². The van der Waals surface area contributed by atoms with E-state index in [-0.39, 0.29) is 17.6 Å². The van der Waals surface area contributed by atoms with Crippen molar-refractivity contribution in [1.29, 1.82) is 0 Å². The Kier molecular flexibility index (Phi) is 7.03. The third-order valence-corrected chi connectivity index (χ3v) is 7.56. The van der Waals surface area contributed by atoms with Gasteiger partial charge in [-0.1, -0.05) is 83.7 Å². The van der Waals surface area contributed by atoms with Crippen LogP contribution >= 0.6 is 0 Å². The first-order chi connectivity index (χ1) is 12.9.